The molecule has 0 atom stereocenters. The minimum atomic E-state index is 0.629. The third-order valence-electron chi connectivity index (χ3n) is 3.20. The molecule has 0 aliphatic carbocycles. The summed E-state index contributed by atoms with van der Waals surface area (Å²) in [7, 11) is 0. The predicted octanol–water partition coefficient (Wildman–Crippen LogP) is 4.08. The first-order valence-corrected chi connectivity index (χ1v) is 7.23. The quantitative estimate of drug-likeness (QED) is 0.569. The number of pyridine rings is 1. The molecule has 4 heteroatoms. The zero-order valence-electron chi connectivity index (χ0n) is 12.4. The first-order chi connectivity index (χ1) is 10.9. The van der Waals surface area contributed by atoms with Gasteiger partial charge in [-0.2, -0.15) is 5.10 Å². The number of aromatic nitrogens is 1. The Labute approximate surface area is 129 Å². The van der Waals surface area contributed by atoms with E-state index in [4.69, 9.17) is 4.74 Å². The summed E-state index contributed by atoms with van der Waals surface area (Å²) >= 11 is 0. The number of hydrogen-bond donors (Lipinski definition) is 1. The molecule has 0 saturated heterocycles. The maximum atomic E-state index is 5.56. The standard InChI is InChI=1S/C18H17N3O/c1-2-22-17-10-6-4-8-15(17)13-19-21-18-12-11-14-7-3-5-9-16(14)20-18/h3-13H,2H2,1H3,(H,20,21)/b19-13+. The van der Waals surface area contributed by atoms with Gasteiger partial charge in [-0.3, -0.25) is 5.43 Å². The van der Waals surface area contributed by atoms with Crippen LogP contribution in [0.25, 0.3) is 10.9 Å². The minimum absolute atomic E-state index is 0.629. The molecule has 4 nitrogen and oxygen atoms in total. The molecule has 1 heterocycles. The molecular formula is C18H17N3O. The van der Waals surface area contributed by atoms with Crippen molar-refractivity contribution in [3.63, 3.8) is 0 Å². The predicted molar refractivity (Wildman–Crippen MR) is 90.6 cm³/mol. The van der Waals surface area contributed by atoms with E-state index in [-0.39, 0.29) is 0 Å². The van der Waals surface area contributed by atoms with Gasteiger partial charge in [0.15, 0.2) is 0 Å². The van der Waals surface area contributed by atoms with Crippen LogP contribution < -0.4 is 10.2 Å². The fourth-order valence-corrected chi connectivity index (χ4v) is 2.17. The molecule has 1 aromatic heterocycles. The van der Waals surface area contributed by atoms with Crippen LogP contribution in [0.3, 0.4) is 0 Å². The van der Waals surface area contributed by atoms with Crippen molar-refractivity contribution >= 4 is 22.9 Å². The average molecular weight is 291 g/mol. The molecular weight excluding hydrogens is 274 g/mol. The van der Waals surface area contributed by atoms with Crippen LogP contribution in [0.1, 0.15) is 12.5 Å². The number of hydrogen-bond acceptors (Lipinski definition) is 4. The van der Waals surface area contributed by atoms with Crippen LogP contribution in [0, 0.1) is 0 Å². The van der Waals surface area contributed by atoms with E-state index < -0.39 is 0 Å². The Morgan fingerprint density at radius 3 is 2.77 bits per heavy atom. The zero-order valence-corrected chi connectivity index (χ0v) is 12.4. The highest BCUT2D eigenvalue weighted by Crippen LogP contribution is 2.16. The number of benzene rings is 2. The van der Waals surface area contributed by atoms with Gasteiger partial charge in [0.25, 0.3) is 0 Å². The summed E-state index contributed by atoms with van der Waals surface area (Å²) in [6.45, 7) is 2.59. The Morgan fingerprint density at radius 2 is 1.86 bits per heavy atom. The van der Waals surface area contributed by atoms with Crippen molar-refractivity contribution in [2.75, 3.05) is 12.0 Å². The molecule has 2 aromatic carbocycles. The van der Waals surface area contributed by atoms with Gasteiger partial charge in [0, 0.05) is 10.9 Å². The van der Waals surface area contributed by atoms with Crippen LogP contribution >= 0.6 is 0 Å². The van der Waals surface area contributed by atoms with Crippen LogP contribution in [0.5, 0.6) is 5.75 Å². The fourth-order valence-electron chi connectivity index (χ4n) is 2.17. The Balaban J connectivity index is 1.76. The van der Waals surface area contributed by atoms with Gasteiger partial charge in [-0.25, -0.2) is 4.98 Å². The molecule has 0 radical (unpaired) electrons. The van der Waals surface area contributed by atoms with E-state index in [0.717, 1.165) is 22.2 Å². The van der Waals surface area contributed by atoms with Gasteiger partial charge in [0.05, 0.1) is 18.3 Å². The van der Waals surface area contributed by atoms with Crippen molar-refractivity contribution in [1.82, 2.24) is 4.98 Å². The highest BCUT2D eigenvalue weighted by Gasteiger charge is 1.99. The molecule has 0 spiro atoms. The summed E-state index contributed by atoms with van der Waals surface area (Å²) in [5.41, 5.74) is 4.83. The lowest BCUT2D eigenvalue weighted by Crippen LogP contribution is -1.97. The lowest BCUT2D eigenvalue weighted by Gasteiger charge is -2.06. The van der Waals surface area contributed by atoms with Gasteiger partial charge in [-0.15, -0.1) is 0 Å². The number of ether oxygens (including phenoxy) is 1. The van der Waals surface area contributed by atoms with E-state index in [1.807, 2.05) is 67.6 Å². The number of anilines is 1. The van der Waals surface area contributed by atoms with Crippen LogP contribution in [0.15, 0.2) is 65.8 Å². The largest absolute Gasteiger partial charge is 0.493 e. The molecule has 3 rings (SSSR count). The lowest BCUT2D eigenvalue weighted by molar-refractivity contribution is 0.340. The first-order valence-electron chi connectivity index (χ1n) is 7.23. The fraction of sp³-hybridized carbons (Fsp3) is 0.111. The van der Waals surface area contributed by atoms with Gasteiger partial charge >= 0.3 is 0 Å². The maximum absolute atomic E-state index is 5.56. The molecule has 3 aromatic rings. The molecule has 0 bridgehead atoms. The second-order valence-electron chi connectivity index (χ2n) is 4.73. The number of nitrogens with one attached hydrogen (secondary N) is 1. The maximum Gasteiger partial charge on any atom is 0.146 e. The van der Waals surface area contributed by atoms with E-state index in [0.29, 0.717) is 12.4 Å². The normalized spacial score (nSPS) is 11.0. The van der Waals surface area contributed by atoms with E-state index >= 15 is 0 Å². The third kappa shape index (κ3) is 3.23. The summed E-state index contributed by atoms with van der Waals surface area (Å²) in [4.78, 5) is 4.51. The number of hydrazone groups is 1. The van der Waals surface area contributed by atoms with Crippen LogP contribution in [0.4, 0.5) is 5.82 Å². The number of para-hydroxylation sites is 2. The second kappa shape index (κ2) is 6.72. The van der Waals surface area contributed by atoms with Gasteiger partial charge < -0.3 is 4.74 Å². The van der Waals surface area contributed by atoms with E-state index in [1.54, 1.807) is 6.21 Å². The van der Waals surface area contributed by atoms with Crippen molar-refractivity contribution in [3.05, 3.63) is 66.2 Å². The van der Waals surface area contributed by atoms with Crippen LogP contribution in [-0.2, 0) is 0 Å². The van der Waals surface area contributed by atoms with Gasteiger partial charge in [-0.1, -0.05) is 30.3 Å². The monoisotopic (exact) mass is 291 g/mol. The van der Waals surface area contributed by atoms with Crippen molar-refractivity contribution in [2.24, 2.45) is 5.10 Å². The van der Waals surface area contributed by atoms with E-state index in [9.17, 15) is 0 Å². The molecule has 0 amide bonds. The molecule has 0 fully saturated rings. The number of rotatable bonds is 5. The van der Waals surface area contributed by atoms with Crippen molar-refractivity contribution in [1.29, 1.82) is 0 Å². The summed E-state index contributed by atoms with van der Waals surface area (Å²) in [5.74, 6) is 1.53. The minimum Gasteiger partial charge on any atom is -0.493 e. The molecule has 0 aliphatic heterocycles. The Kier molecular flexibility index (Phi) is 4.30. The summed E-state index contributed by atoms with van der Waals surface area (Å²) < 4.78 is 5.56. The summed E-state index contributed by atoms with van der Waals surface area (Å²) in [5, 5.41) is 5.35. The van der Waals surface area contributed by atoms with Gasteiger partial charge in [0.1, 0.15) is 11.6 Å². The van der Waals surface area contributed by atoms with Crippen molar-refractivity contribution < 1.29 is 4.74 Å². The molecule has 110 valence electrons. The molecule has 0 saturated carbocycles. The summed E-state index contributed by atoms with van der Waals surface area (Å²) in [6, 6.07) is 19.7. The van der Waals surface area contributed by atoms with Crippen molar-refractivity contribution in [2.45, 2.75) is 6.92 Å². The highest BCUT2D eigenvalue weighted by molar-refractivity contribution is 5.84. The lowest BCUT2D eigenvalue weighted by atomic mass is 10.2. The zero-order chi connectivity index (χ0) is 15.2. The van der Waals surface area contributed by atoms with E-state index in [1.165, 1.54) is 0 Å². The SMILES string of the molecule is CCOc1ccccc1/C=N/Nc1ccc2ccccc2n1. The Hall–Kier alpha value is -2.88. The van der Waals surface area contributed by atoms with Crippen molar-refractivity contribution in [3.8, 4) is 5.75 Å². The van der Waals surface area contributed by atoms with Crippen LogP contribution in [-0.4, -0.2) is 17.8 Å². The topological polar surface area (TPSA) is 46.5 Å². The molecule has 0 aliphatic rings. The van der Waals surface area contributed by atoms with Gasteiger partial charge in [-0.05, 0) is 37.3 Å². The highest BCUT2D eigenvalue weighted by atomic mass is 16.5. The molecule has 22 heavy (non-hydrogen) atoms. The number of nitrogens with zero attached hydrogens (tertiary/aromatic N) is 2. The Morgan fingerprint density at radius 1 is 1.05 bits per heavy atom. The molecule has 1 N–H and O–H groups in total. The average Bonchev–Trinajstić information content (AvgIpc) is 2.56. The number of fused-ring (bicyclic) bond motifs is 1. The van der Waals surface area contributed by atoms with Crippen LogP contribution in [0.2, 0.25) is 0 Å². The third-order valence-corrected chi connectivity index (χ3v) is 3.20. The first kappa shape index (κ1) is 14.1. The summed E-state index contributed by atoms with van der Waals surface area (Å²) in [6.07, 6.45) is 1.74. The molecule has 0 unspecified atom stereocenters. The second-order valence-corrected chi connectivity index (χ2v) is 4.73. The smallest absolute Gasteiger partial charge is 0.146 e. The Bertz CT molecular complexity index is 799. The van der Waals surface area contributed by atoms with E-state index in [2.05, 4.69) is 15.5 Å². The van der Waals surface area contributed by atoms with Gasteiger partial charge in [0.2, 0.25) is 0 Å².